The lowest BCUT2D eigenvalue weighted by Crippen LogP contribution is -2.33. The predicted octanol–water partition coefficient (Wildman–Crippen LogP) is 1.86. The minimum absolute atomic E-state index is 0.321. The number of benzene rings is 1. The normalized spacial score (nSPS) is 18.9. The molecule has 4 nitrogen and oxygen atoms in total. The van der Waals surface area contributed by atoms with E-state index in [9.17, 15) is 8.42 Å². The molecule has 0 saturated carbocycles. The molecule has 0 atom stereocenters. The van der Waals surface area contributed by atoms with Gasteiger partial charge < -0.3 is 4.74 Å². The molecule has 1 aromatic carbocycles. The maximum Gasteiger partial charge on any atom is 0.244 e. The van der Waals surface area contributed by atoms with Crippen LogP contribution in [0.4, 0.5) is 0 Å². The zero-order valence-corrected chi connectivity index (χ0v) is 11.7. The van der Waals surface area contributed by atoms with Crippen molar-refractivity contribution < 1.29 is 13.2 Å². The smallest absolute Gasteiger partial charge is 0.244 e. The van der Waals surface area contributed by atoms with Crippen LogP contribution in [0, 0.1) is 0 Å². The second-order valence-corrected chi connectivity index (χ2v) is 6.56. The molecule has 94 valence electrons. The van der Waals surface area contributed by atoms with Crippen molar-refractivity contribution >= 4 is 26.0 Å². The van der Waals surface area contributed by atoms with Gasteiger partial charge in [0, 0.05) is 24.2 Å². The van der Waals surface area contributed by atoms with Gasteiger partial charge in [-0.3, -0.25) is 0 Å². The molecule has 1 saturated heterocycles. The maximum atomic E-state index is 12.4. The molecule has 0 spiro atoms. The van der Waals surface area contributed by atoms with Crippen LogP contribution in [-0.2, 0) is 14.8 Å². The van der Waals surface area contributed by atoms with E-state index in [1.807, 2.05) is 0 Å². The molecule has 6 heteroatoms. The van der Waals surface area contributed by atoms with Crippen LogP contribution >= 0.6 is 15.9 Å². The minimum atomic E-state index is -3.41. The lowest BCUT2D eigenvalue weighted by atomic mass is 10.4. The summed E-state index contributed by atoms with van der Waals surface area (Å²) in [4.78, 5) is 0.321. The fourth-order valence-electron chi connectivity index (χ4n) is 1.76. The standard InChI is InChI=1S/C11H14BrNO3S/c12-10-4-1-2-5-11(10)17(14,15)13-6-3-8-16-9-7-13/h1-2,4-5H,3,6-9H2. The summed E-state index contributed by atoms with van der Waals surface area (Å²) in [7, 11) is -3.41. The molecule has 1 fully saturated rings. The number of nitrogens with zero attached hydrogens (tertiary/aromatic N) is 1. The highest BCUT2D eigenvalue weighted by molar-refractivity contribution is 9.10. The van der Waals surface area contributed by atoms with Crippen molar-refractivity contribution in [3.05, 3.63) is 28.7 Å². The average molecular weight is 320 g/mol. The summed E-state index contributed by atoms with van der Waals surface area (Å²) in [5.41, 5.74) is 0. The average Bonchev–Trinajstić information content (AvgIpc) is 2.58. The molecule has 1 aromatic rings. The van der Waals surface area contributed by atoms with E-state index in [2.05, 4.69) is 15.9 Å². The molecule has 17 heavy (non-hydrogen) atoms. The fraction of sp³-hybridized carbons (Fsp3) is 0.455. The number of rotatable bonds is 2. The van der Waals surface area contributed by atoms with Crippen molar-refractivity contribution in [2.45, 2.75) is 11.3 Å². The van der Waals surface area contributed by atoms with E-state index in [-0.39, 0.29) is 0 Å². The van der Waals surface area contributed by atoms with Crippen LogP contribution in [0.15, 0.2) is 33.6 Å². The van der Waals surface area contributed by atoms with E-state index in [1.54, 1.807) is 24.3 Å². The first-order valence-corrected chi connectivity index (χ1v) is 7.68. The molecule has 0 N–H and O–H groups in total. The first-order chi connectivity index (χ1) is 8.12. The molecule has 1 aliphatic heterocycles. The lowest BCUT2D eigenvalue weighted by molar-refractivity contribution is 0.148. The Kier molecular flexibility index (Phi) is 4.19. The fourth-order valence-corrected chi connectivity index (χ4v) is 4.18. The molecule has 1 aliphatic rings. The molecule has 0 unspecified atom stereocenters. The summed E-state index contributed by atoms with van der Waals surface area (Å²) >= 11 is 3.28. The molecule has 0 amide bonds. The van der Waals surface area contributed by atoms with Crippen LogP contribution in [0.5, 0.6) is 0 Å². The Balaban J connectivity index is 2.32. The first kappa shape index (κ1) is 13.0. The Morgan fingerprint density at radius 3 is 2.71 bits per heavy atom. The highest BCUT2D eigenvalue weighted by Gasteiger charge is 2.26. The highest BCUT2D eigenvalue weighted by atomic mass is 79.9. The van der Waals surface area contributed by atoms with E-state index in [1.165, 1.54) is 4.31 Å². The van der Waals surface area contributed by atoms with Gasteiger partial charge in [-0.05, 0) is 34.5 Å². The molecule has 0 aromatic heterocycles. The second-order valence-electron chi connectivity index (χ2n) is 3.80. The first-order valence-electron chi connectivity index (χ1n) is 5.45. The third-order valence-corrected chi connectivity index (χ3v) is 5.55. The monoisotopic (exact) mass is 319 g/mol. The van der Waals surface area contributed by atoms with Crippen molar-refractivity contribution in [3.8, 4) is 0 Å². The van der Waals surface area contributed by atoms with Crippen molar-refractivity contribution in [3.63, 3.8) is 0 Å². The van der Waals surface area contributed by atoms with Crippen LogP contribution in [-0.4, -0.2) is 39.0 Å². The number of halogens is 1. The third-order valence-electron chi connectivity index (χ3n) is 2.64. The summed E-state index contributed by atoms with van der Waals surface area (Å²) in [6.07, 6.45) is 0.740. The van der Waals surface area contributed by atoms with Gasteiger partial charge in [0.2, 0.25) is 10.0 Å². The summed E-state index contributed by atoms with van der Waals surface area (Å²) in [5, 5.41) is 0. The van der Waals surface area contributed by atoms with Crippen LogP contribution in [0.3, 0.4) is 0 Å². The largest absolute Gasteiger partial charge is 0.380 e. The molecule has 1 heterocycles. The zero-order valence-electron chi connectivity index (χ0n) is 9.30. The minimum Gasteiger partial charge on any atom is -0.380 e. The van der Waals surface area contributed by atoms with E-state index in [0.717, 1.165) is 6.42 Å². The summed E-state index contributed by atoms with van der Waals surface area (Å²) in [6, 6.07) is 6.88. The SMILES string of the molecule is O=S(=O)(c1ccccc1Br)N1CCCOCC1. The summed E-state index contributed by atoms with van der Waals surface area (Å²) in [5.74, 6) is 0. The maximum absolute atomic E-state index is 12.4. The van der Waals surface area contributed by atoms with Gasteiger partial charge in [-0.15, -0.1) is 0 Å². The van der Waals surface area contributed by atoms with Crippen LogP contribution in [0.1, 0.15) is 6.42 Å². The van der Waals surface area contributed by atoms with Gasteiger partial charge in [-0.1, -0.05) is 12.1 Å². The Hall–Kier alpha value is -0.430. The number of ether oxygens (including phenoxy) is 1. The van der Waals surface area contributed by atoms with Gasteiger partial charge in [0.1, 0.15) is 0 Å². The topological polar surface area (TPSA) is 46.6 Å². The van der Waals surface area contributed by atoms with Crippen LogP contribution < -0.4 is 0 Å². The lowest BCUT2D eigenvalue weighted by Gasteiger charge is -2.19. The van der Waals surface area contributed by atoms with Gasteiger partial charge in [0.25, 0.3) is 0 Å². The Bertz CT molecular complexity index is 481. The molecule has 0 aliphatic carbocycles. The summed E-state index contributed by atoms with van der Waals surface area (Å²) in [6.45, 7) is 2.03. The van der Waals surface area contributed by atoms with Gasteiger partial charge in [0.05, 0.1) is 11.5 Å². The van der Waals surface area contributed by atoms with E-state index < -0.39 is 10.0 Å². The van der Waals surface area contributed by atoms with Crippen molar-refractivity contribution in [2.75, 3.05) is 26.3 Å². The third kappa shape index (κ3) is 2.88. The molecule has 2 rings (SSSR count). The quantitative estimate of drug-likeness (QED) is 0.836. The summed E-state index contributed by atoms with van der Waals surface area (Å²) < 4.78 is 32.2. The molecule has 0 radical (unpaired) electrons. The second kappa shape index (κ2) is 5.48. The van der Waals surface area contributed by atoms with E-state index in [4.69, 9.17) is 4.74 Å². The number of hydrogen-bond acceptors (Lipinski definition) is 3. The Labute approximate surface area is 110 Å². The van der Waals surface area contributed by atoms with Crippen molar-refractivity contribution in [1.82, 2.24) is 4.31 Å². The molecule has 0 bridgehead atoms. The predicted molar refractivity (Wildman–Crippen MR) is 68.3 cm³/mol. The number of hydrogen-bond donors (Lipinski definition) is 0. The number of sulfonamides is 1. The molecular formula is C11H14BrNO3S. The zero-order chi connectivity index (χ0) is 12.3. The highest BCUT2D eigenvalue weighted by Crippen LogP contribution is 2.25. The van der Waals surface area contributed by atoms with Crippen LogP contribution in [0.2, 0.25) is 0 Å². The Morgan fingerprint density at radius 1 is 1.18 bits per heavy atom. The van der Waals surface area contributed by atoms with E-state index >= 15 is 0 Å². The van der Waals surface area contributed by atoms with Crippen molar-refractivity contribution in [2.24, 2.45) is 0 Å². The van der Waals surface area contributed by atoms with Gasteiger partial charge in [-0.25, -0.2) is 8.42 Å². The molecular weight excluding hydrogens is 306 g/mol. The van der Waals surface area contributed by atoms with Crippen LogP contribution in [0.25, 0.3) is 0 Å². The van der Waals surface area contributed by atoms with Crippen molar-refractivity contribution in [1.29, 1.82) is 0 Å². The van der Waals surface area contributed by atoms with Gasteiger partial charge in [-0.2, -0.15) is 4.31 Å². The van der Waals surface area contributed by atoms with Gasteiger partial charge >= 0.3 is 0 Å². The Morgan fingerprint density at radius 2 is 1.94 bits per heavy atom. The van der Waals surface area contributed by atoms with Gasteiger partial charge in [0.15, 0.2) is 0 Å². The van der Waals surface area contributed by atoms with E-state index in [0.29, 0.717) is 35.7 Å².